The monoisotopic (exact) mass is 220 g/mol. The average molecular weight is 220 g/mol. The van der Waals surface area contributed by atoms with Gasteiger partial charge in [0.2, 0.25) is 0 Å². The summed E-state index contributed by atoms with van der Waals surface area (Å²) in [4.78, 5) is 0. The summed E-state index contributed by atoms with van der Waals surface area (Å²) in [7, 11) is 0. The van der Waals surface area contributed by atoms with E-state index in [1.807, 2.05) is 0 Å². The highest BCUT2D eigenvalue weighted by Gasteiger charge is 2.22. The van der Waals surface area contributed by atoms with E-state index in [4.69, 9.17) is 0 Å². The van der Waals surface area contributed by atoms with Crippen LogP contribution in [0.5, 0.6) is 0 Å². The summed E-state index contributed by atoms with van der Waals surface area (Å²) in [6.45, 7) is 9.30. The van der Waals surface area contributed by atoms with Crippen molar-refractivity contribution in [2.24, 2.45) is 17.8 Å². The summed E-state index contributed by atoms with van der Waals surface area (Å²) in [5, 5.41) is 0. The van der Waals surface area contributed by atoms with E-state index in [-0.39, 0.29) is 0 Å². The van der Waals surface area contributed by atoms with Crippen LogP contribution in [0.3, 0.4) is 0 Å². The molecule has 3 atom stereocenters. The maximum absolute atomic E-state index is 2.45. The zero-order valence-electron chi connectivity index (χ0n) is 11.5. The van der Waals surface area contributed by atoms with Crippen LogP contribution in [-0.2, 0) is 0 Å². The van der Waals surface area contributed by atoms with Crippen LogP contribution < -0.4 is 0 Å². The molecule has 0 aromatic rings. The van der Waals surface area contributed by atoms with Gasteiger partial charge in [0.05, 0.1) is 0 Å². The van der Waals surface area contributed by atoms with Gasteiger partial charge in [-0.15, -0.1) is 0 Å². The molecule has 1 rings (SSSR count). The molecule has 0 spiro atoms. The second kappa shape index (κ2) is 6.93. The van der Waals surface area contributed by atoms with Crippen molar-refractivity contribution in [2.45, 2.75) is 59.8 Å². The van der Waals surface area contributed by atoms with E-state index >= 15 is 0 Å². The van der Waals surface area contributed by atoms with Gasteiger partial charge in [-0.05, 0) is 31.1 Å². The number of unbranched alkanes of at least 4 members (excludes halogenated alkanes) is 1. The zero-order valence-corrected chi connectivity index (χ0v) is 11.5. The minimum absolute atomic E-state index is 0.783. The second-order valence-corrected chi connectivity index (χ2v) is 5.38. The molecule has 0 radical (unpaired) electrons. The summed E-state index contributed by atoms with van der Waals surface area (Å²) in [5.74, 6) is 2.55. The summed E-state index contributed by atoms with van der Waals surface area (Å²) in [5.41, 5.74) is 1.44. The minimum Gasteiger partial charge on any atom is -0.0810 e. The van der Waals surface area contributed by atoms with Crippen molar-refractivity contribution in [3.8, 4) is 0 Å². The predicted molar refractivity (Wildman–Crippen MR) is 73.5 cm³/mol. The normalized spacial score (nSPS) is 24.0. The van der Waals surface area contributed by atoms with Crippen molar-refractivity contribution < 1.29 is 0 Å². The molecule has 0 aromatic carbocycles. The lowest BCUT2D eigenvalue weighted by atomic mass is 9.76. The number of allylic oxidation sites excluding steroid dienone is 4. The molecule has 0 saturated heterocycles. The van der Waals surface area contributed by atoms with Gasteiger partial charge in [-0.2, -0.15) is 0 Å². The van der Waals surface area contributed by atoms with Crippen molar-refractivity contribution >= 4 is 0 Å². The Morgan fingerprint density at radius 2 is 2.12 bits per heavy atom. The third-order valence-corrected chi connectivity index (χ3v) is 4.19. The third kappa shape index (κ3) is 3.81. The molecule has 0 N–H and O–H groups in total. The lowest BCUT2D eigenvalue weighted by Crippen LogP contribution is -2.20. The Balaban J connectivity index is 2.48. The number of hydrogen-bond donors (Lipinski definition) is 0. The van der Waals surface area contributed by atoms with Crippen LogP contribution in [-0.4, -0.2) is 0 Å². The molecule has 92 valence electrons. The molecule has 0 amide bonds. The fourth-order valence-corrected chi connectivity index (χ4v) is 2.79. The first-order chi connectivity index (χ1) is 7.69. The van der Waals surface area contributed by atoms with E-state index in [0.717, 1.165) is 17.8 Å². The van der Waals surface area contributed by atoms with Gasteiger partial charge in [0.25, 0.3) is 0 Å². The van der Waals surface area contributed by atoms with E-state index in [1.54, 1.807) is 0 Å². The van der Waals surface area contributed by atoms with Crippen LogP contribution in [0.1, 0.15) is 59.8 Å². The standard InChI is InChI=1S/C16H28/c1-5-7-8-15(6-2)14(4)16-11-9-13(3)10-12-16/h9-11,14-16H,5-8,12H2,1-4H3. The van der Waals surface area contributed by atoms with Crippen LogP contribution >= 0.6 is 0 Å². The molecule has 0 saturated carbocycles. The lowest BCUT2D eigenvalue weighted by molar-refractivity contribution is 0.256. The molecular weight excluding hydrogens is 192 g/mol. The summed E-state index contributed by atoms with van der Waals surface area (Å²) in [6, 6.07) is 0. The molecule has 0 aromatic heterocycles. The van der Waals surface area contributed by atoms with Crippen molar-refractivity contribution in [1.82, 2.24) is 0 Å². The van der Waals surface area contributed by atoms with E-state index in [1.165, 1.54) is 37.7 Å². The van der Waals surface area contributed by atoms with E-state index in [0.29, 0.717) is 0 Å². The molecular formula is C16H28. The van der Waals surface area contributed by atoms with Gasteiger partial charge in [0.15, 0.2) is 0 Å². The first kappa shape index (κ1) is 13.5. The molecule has 0 heteroatoms. The van der Waals surface area contributed by atoms with Crippen LogP contribution in [0.2, 0.25) is 0 Å². The zero-order chi connectivity index (χ0) is 12.0. The third-order valence-electron chi connectivity index (χ3n) is 4.19. The maximum atomic E-state index is 2.45. The summed E-state index contributed by atoms with van der Waals surface area (Å²) < 4.78 is 0. The highest BCUT2D eigenvalue weighted by molar-refractivity contribution is 5.21. The highest BCUT2D eigenvalue weighted by atomic mass is 14.3. The van der Waals surface area contributed by atoms with Crippen molar-refractivity contribution in [3.05, 3.63) is 23.8 Å². The van der Waals surface area contributed by atoms with Crippen molar-refractivity contribution in [2.75, 3.05) is 0 Å². The molecule has 1 aliphatic rings. The van der Waals surface area contributed by atoms with Gasteiger partial charge in [-0.3, -0.25) is 0 Å². The average Bonchev–Trinajstić information content (AvgIpc) is 2.30. The van der Waals surface area contributed by atoms with Gasteiger partial charge >= 0.3 is 0 Å². The molecule has 1 aliphatic carbocycles. The highest BCUT2D eigenvalue weighted by Crippen LogP contribution is 2.33. The largest absolute Gasteiger partial charge is 0.0810 e. The topological polar surface area (TPSA) is 0 Å². The molecule has 0 nitrogen and oxygen atoms in total. The Hall–Kier alpha value is -0.520. The van der Waals surface area contributed by atoms with E-state index in [9.17, 15) is 0 Å². The molecule has 0 heterocycles. The van der Waals surface area contributed by atoms with Gasteiger partial charge in [-0.1, -0.05) is 70.3 Å². The summed E-state index contributed by atoms with van der Waals surface area (Å²) in [6.07, 6.45) is 13.9. The molecule has 16 heavy (non-hydrogen) atoms. The van der Waals surface area contributed by atoms with Gasteiger partial charge in [0, 0.05) is 0 Å². The minimum atomic E-state index is 0.783. The Morgan fingerprint density at radius 3 is 2.62 bits per heavy atom. The maximum Gasteiger partial charge on any atom is -0.0167 e. The SMILES string of the molecule is CCCCC(CC)C(C)C1C=CC(C)=CC1. The quantitative estimate of drug-likeness (QED) is 0.565. The second-order valence-electron chi connectivity index (χ2n) is 5.38. The molecule has 3 unspecified atom stereocenters. The fraction of sp³-hybridized carbons (Fsp3) is 0.750. The molecule has 0 fully saturated rings. The van der Waals surface area contributed by atoms with Gasteiger partial charge in [-0.25, -0.2) is 0 Å². The number of hydrogen-bond acceptors (Lipinski definition) is 0. The van der Waals surface area contributed by atoms with E-state index in [2.05, 4.69) is 45.9 Å². The van der Waals surface area contributed by atoms with Crippen LogP contribution in [0.4, 0.5) is 0 Å². The Kier molecular flexibility index (Phi) is 5.87. The molecule has 0 aliphatic heterocycles. The first-order valence-electron chi connectivity index (χ1n) is 7.04. The smallest absolute Gasteiger partial charge is 0.0167 e. The van der Waals surface area contributed by atoms with Crippen molar-refractivity contribution in [3.63, 3.8) is 0 Å². The Labute approximate surface area is 102 Å². The van der Waals surface area contributed by atoms with Gasteiger partial charge in [0.1, 0.15) is 0 Å². The van der Waals surface area contributed by atoms with Crippen molar-refractivity contribution in [1.29, 1.82) is 0 Å². The number of rotatable bonds is 6. The summed E-state index contributed by atoms with van der Waals surface area (Å²) >= 11 is 0. The fourth-order valence-electron chi connectivity index (χ4n) is 2.79. The van der Waals surface area contributed by atoms with Crippen LogP contribution in [0.25, 0.3) is 0 Å². The Morgan fingerprint density at radius 1 is 1.38 bits per heavy atom. The van der Waals surface area contributed by atoms with E-state index < -0.39 is 0 Å². The van der Waals surface area contributed by atoms with Gasteiger partial charge < -0.3 is 0 Å². The predicted octanol–water partition coefficient (Wildman–Crippen LogP) is 5.36. The van der Waals surface area contributed by atoms with Crippen LogP contribution in [0.15, 0.2) is 23.8 Å². The first-order valence-corrected chi connectivity index (χ1v) is 7.04. The Bertz CT molecular complexity index is 247. The lowest BCUT2D eigenvalue weighted by Gasteiger charge is -2.29. The molecule has 0 bridgehead atoms. The van der Waals surface area contributed by atoms with Crippen LogP contribution in [0, 0.1) is 17.8 Å².